The largest absolute Gasteiger partial charge is 0.352 e. The van der Waals surface area contributed by atoms with Crippen molar-refractivity contribution in [2.45, 2.75) is 58.4 Å². The number of nitrogens with zero attached hydrogens (tertiary/aromatic N) is 3. The number of alkyl halides is 1. The molecule has 0 radical (unpaired) electrons. The van der Waals surface area contributed by atoms with Gasteiger partial charge in [-0.05, 0) is 19.8 Å². The molecule has 3 nitrogen and oxygen atoms in total. The average molecular weight is 282 g/mol. The molecule has 1 fully saturated rings. The zero-order valence-electron chi connectivity index (χ0n) is 12.2. The summed E-state index contributed by atoms with van der Waals surface area (Å²) in [5.74, 6) is 3.04. The third-order valence-corrected chi connectivity index (χ3v) is 4.08. The van der Waals surface area contributed by atoms with Crippen molar-refractivity contribution >= 4 is 17.4 Å². The van der Waals surface area contributed by atoms with Crippen LogP contribution in [-0.2, 0) is 0 Å². The lowest BCUT2D eigenvalue weighted by Crippen LogP contribution is -2.37. The number of anilines is 1. The predicted molar refractivity (Wildman–Crippen MR) is 81.2 cm³/mol. The molecular weight excluding hydrogens is 258 g/mol. The van der Waals surface area contributed by atoms with Crippen molar-refractivity contribution in [2.24, 2.45) is 0 Å². The molecular formula is C15H24ClN3. The van der Waals surface area contributed by atoms with Gasteiger partial charge in [0.1, 0.15) is 11.6 Å². The molecule has 0 aromatic carbocycles. The van der Waals surface area contributed by atoms with Crippen molar-refractivity contribution in [1.82, 2.24) is 9.97 Å². The van der Waals surface area contributed by atoms with Crippen LogP contribution in [0.25, 0.3) is 0 Å². The van der Waals surface area contributed by atoms with Gasteiger partial charge in [-0.15, -0.1) is 11.6 Å². The second kappa shape index (κ2) is 6.56. The van der Waals surface area contributed by atoms with Crippen LogP contribution in [0.2, 0.25) is 0 Å². The highest BCUT2D eigenvalue weighted by Crippen LogP contribution is 2.25. The normalized spacial score (nSPS) is 20.7. The van der Waals surface area contributed by atoms with Crippen LogP contribution in [0.15, 0.2) is 6.07 Å². The number of halogens is 1. The summed E-state index contributed by atoms with van der Waals surface area (Å²) in [6.07, 6.45) is 4.97. The Kier molecular flexibility index (Phi) is 5.03. The van der Waals surface area contributed by atoms with E-state index >= 15 is 0 Å². The van der Waals surface area contributed by atoms with Gasteiger partial charge in [0.15, 0.2) is 0 Å². The molecule has 0 aliphatic carbocycles. The Morgan fingerprint density at radius 3 is 2.79 bits per heavy atom. The minimum atomic E-state index is 0.361. The van der Waals surface area contributed by atoms with Crippen molar-refractivity contribution in [2.75, 3.05) is 17.3 Å². The van der Waals surface area contributed by atoms with Gasteiger partial charge in [-0.25, -0.2) is 9.97 Å². The van der Waals surface area contributed by atoms with Crippen LogP contribution >= 0.6 is 11.6 Å². The van der Waals surface area contributed by atoms with Crippen LogP contribution in [0.4, 0.5) is 5.82 Å². The molecule has 0 spiro atoms. The Morgan fingerprint density at radius 1 is 1.32 bits per heavy atom. The summed E-state index contributed by atoms with van der Waals surface area (Å²) in [4.78, 5) is 11.7. The number of rotatable bonds is 3. The lowest BCUT2D eigenvalue weighted by molar-refractivity contribution is 0.611. The summed E-state index contributed by atoms with van der Waals surface area (Å²) >= 11 is 6.15. The molecule has 1 atom stereocenters. The highest BCUT2D eigenvalue weighted by Gasteiger charge is 2.22. The second-order valence-corrected chi connectivity index (χ2v) is 6.04. The molecule has 2 rings (SSSR count). The Morgan fingerprint density at radius 2 is 2.11 bits per heavy atom. The minimum Gasteiger partial charge on any atom is -0.352 e. The molecule has 19 heavy (non-hydrogen) atoms. The van der Waals surface area contributed by atoms with Crippen molar-refractivity contribution in [1.29, 1.82) is 0 Å². The molecule has 1 unspecified atom stereocenters. The van der Waals surface area contributed by atoms with Crippen molar-refractivity contribution in [3.05, 3.63) is 17.6 Å². The topological polar surface area (TPSA) is 29.0 Å². The van der Waals surface area contributed by atoms with E-state index in [1.54, 1.807) is 0 Å². The highest BCUT2D eigenvalue weighted by molar-refractivity contribution is 6.18. The third kappa shape index (κ3) is 3.59. The van der Waals surface area contributed by atoms with E-state index in [0.717, 1.165) is 23.9 Å². The van der Waals surface area contributed by atoms with E-state index < -0.39 is 0 Å². The molecule has 1 aliphatic heterocycles. The predicted octanol–water partition coefficient (Wildman–Crippen LogP) is 3.90. The summed E-state index contributed by atoms with van der Waals surface area (Å²) < 4.78 is 0. The van der Waals surface area contributed by atoms with E-state index in [0.29, 0.717) is 17.8 Å². The SMILES string of the molecule is Cc1cc(N2CCCCCC2CCl)nc(C(C)C)n1. The first-order chi connectivity index (χ1) is 9.11. The van der Waals surface area contributed by atoms with E-state index in [1.165, 1.54) is 25.7 Å². The van der Waals surface area contributed by atoms with E-state index in [-0.39, 0.29) is 0 Å². The van der Waals surface area contributed by atoms with Gasteiger partial charge in [0.05, 0.1) is 0 Å². The highest BCUT2D eigenvalue weighted by atomic mass is 35.5. The van der Waals surface area contributed by atoms with Gasteiger partial charge >= 0.3 is 0 Å². The first kappa shape index (κ1) is 14.6. The fraction of sp³-hybridized carbons (Fsp3) is 0.733. The molecule has 1 saturated heterocycles. The molecule has 1 aromatic heterocycles. The number of aromatic nitrogens is 2. The zero-order valence-corrected chi connectivity index (χ0v) is 13.0. The Labute approximate surface area is 121 Å². The molecule has 0 bridgehead atoms. The van der Waals surface area contributed by atoms with Gasteiger partial charge in [-0.3, -0.25) is 0 Å². The fourth-order valence-corrected chi connectivity index (χ4v) is 2.94. The standard InChI is InChI=1S/C15H24ClN3/c1-11(2)15-17-12(3)9-14(18-15)19-8-6-4-5-7-13(19)10-16/h9,11,13H,4-8,10H2,1-3H3. The lowest BCUT2D eigenvalue weighted by atomic mass is 10.1. The summed E-state index contributed by atoms with van der Waals surface area (Å²) in [5, 5.41) is 0. The minimum absolute atomic E-state index is 0.361. The van der Waals surface area contributed by atoms with E-state index in [9.17, 15) is 0 Å². The van der Waals surface area contributed by atoms with Gasteiger partial charge in [0.2, 0.25) is 0 Å². The summed E-state index contributed by atoms with van der Waals surface area (Å²) in [5.41, 5.74) is 1.05. The van der Waals surface area contributed by atoms with Crippen LogP contribution < -0.4 is 4.90 Å². The Balaban J connectivity index is 2.32. The van der Waals surface area contributed by atoms with Crippen molar-refractivity contribution < 1.29 is 0 Å². The first-order valence-electron chi connectivity index (χ1n) is 7.30. The van der Waals surface area contributed by atoms with E-state index in [2.05, 4.69) is 29.8 Å². The van der Waals surface area contributed by atoms with Crippen molar-refractivity contribution in [3.8, 4) is 0 Å². The van der Waals surface area contributed by atoms with Gasteiger partial charge < -0.3 is 4.90 Å². The summed E-state index contributed by atoms with van der Waals surface area (Å²) in [6.45, 7) is 7.38. The molecule has 0 amide bonds. The van der Waals surface area contributed by atoms with Gasteiger partial charge in [0, 0.05) is 36.1 Å². The second-order valence-electron chi connectivity index (χ2n) is 5.73. The van der Waals surface area contributed by atoms with Gasteiger partial charge in [-0.1, -0.05) is 26.7 Å². The molecule has 1 aromatic rings. The average Bonchev–Trinajstić information content (AvgIpc) is 2.62. The maximum atomic E-state index is 6.15. The van der Waals surface area contributed by atoms with E-state index in [4.69, 9.17) is 16.6 Å². The molecule has 0 saturated carbocycles. The van der Waals surface area contributed by atoms with Crippen LogP contribution in [0.3, 0.4) is 0 Å². The summed E-state index contributed by atoms with van der Waals surface area (Å²) in [7, 11) is 0. The quantitative estimate of drug-likeness (QED) is 0.787. The maximum Gasteiger partial charge on any atom is 0.133 e. The fourth-order valence-electron chi connectivity index (χ4n) is 2.62. The van der Waals surface area contributed by atoms with Crippen molar-refractivity contribution in [3.63, 3.8) is 0 Å². The smallest absolute Gasteiger partial charge is 0.133 e. The molecule has 4 heteroatoms. The van der Waals surface area contributed by atoms with Crippen LogP contribution in [0, 0.1) is 6.92 Å². The number of hydrogen-bond donors (Lipinski definition) is 0. The Hall–Kier alpha value is -0.830. The monoisotopic (exact) mass is 281 g/mol. The number of hydrogen-bond acceptors (Lipinski definition) is 3. The molecule has 0 N–H and O–H groups in total. The van der Waals surface area contributed by atoms with Gasteiger partial charge in [-0.2, -0.15) is 0 Å². The first-order valence-corrected chi connectivity index (χ1v) is 7.83. The van der Waals surface area contributed by atoms with Crippen LogP contribution in [0.5, 0.6) is 0 Å². The zero-order chi connectivity index (χ0) is 13.8. The Bertz CT molecular complexity index is 420. The molecule has 2 heterocycles. The molecule has 1 aliphatic rings. The van der Waals surface area contributed by atoms with Crippen LogP contribution in [-0.4, -0.2) is 28.4 Å². The maximum absolute atomic E-state index is 6.15. The van der Waals surface area contributed by atoms with Gasteiger partial charge in [0.25, 0.3) is 0 Å². The molecule has 106 valence electrons. The van der Waals surface area contributed by atoms with E-state index in [1.807, 2.05) is 6.92 Å². The van der Waals surface area contributed by atoms with Crippen LogP contribution in [0.1, 0.15) is 57.0 Å². The third-order valence-electron chi connectivity index (χ3n) is 3.72. The number of aryl methyl sites for hydroxylation is 1. The summed E-state index contributed by atoms with van der Waals surface area (Å²) in [6, 6.07) is 2.51. The lowest BCUT2D eigenvalue weighted by Gasteiger charge is -2.30.